The van der Waals surface area contributed by atoms with Crippen LogP contribution in [0.3, 0.4) is 0 Å². The molecule has 0 saturated carbocycles. The third-order valence-electron chi connectivity index (χ3n) is 5.17. The number of ether oxygens (including phenoxy) is 1. The number of hydrogen-bond donors (Lipinski definition) is 1. The van der Waals surface area contributed by atoms with Gasteiger partial charge in [0.2, 0.25) is 5.75 Å². The maximum absolute atomic E-state index is 13.2. The Morgan fingerprint density at radius 1 is 1.03 bits per heavy atom. The third kappa shape index (κ3) is 5.38. The van der Waals surface area contributed by atoms with Crippen LogP contribution in [0.5, 0.6) is 11.5 Å². The molecule has 0 spiro atoms. The lowest BCUT2D eigenvalue weighted by atomic mass is 10.1. The maximum Gasteiger partial charge on any atom is 0.416 e. The van der Waals surface area contributed by atoms with Gasteiger partial charge in [-0.15, -0.1) is 0 Å². The normalized spacial score (nSPS) is 15.0. The fourth-order valence-corrected chi connectivity index (χ4v) is 4.03. The minimum absolute atomic E-state index is 0.0150. The van der Waals surface area contributed by atoms with Crippen LogP contribution < -0.4 is 15.0 Å². The first kappa shape index (κ1) is 26.8. The number of amides is 4. The average molecular weight is 611 g/mol. The number of anilines is 1. The van der Waals surface area contributed by atoms with E-state index in [1.54, 1.807) is 6.07 Å². The molecule has 0 unspecified atom stereocenters. The van der Waals surface area contributed by atoms with Crippen LogP contribution in [0.25, 0.3) is 6.08 Å². The van der Waals surface area contributed by atoms with Crippen molar-refractivity contribution in [2.45, 2.75) is 6.18 Å². The van der Waals surface area contributed by atoms with Gasteiger partial charge in [-0.3, -0.25) is 25.0 Å². The van der Waals surface area contributed by atoms with Crippen LogP contribution in [-0.2, 0) is 15.8 Å². The molecule has 3 aromatic rings. The Bertz CT molecular complexity index is 1540. The summed E-state index contributed by atoms with van der Waals surface area (Å²) in [6.45, 7) is 0. The van der Waals surface area contributed by atoms with Crippen LogP contribution in [-0.4, -0.2) is 22.8 Å². The van der Waals surface area contributed by atoms with E-state index in [9.17, 15) is 37.7 Å². The molecule has 1 saturated heterocycles. The average Bonchev–Trinajstić information content (AvgIpc) is 2.83. The highest BCUT2D eigenvalue weighted by molar-refractivity contribution is 9.10. The standard InChI is InChI=1S/C24H12BrClF3N3O6/c25-14-6-8-19(38-20-7-5-13(24(27,28)29)11-18(20)32(36)37)12(9-14)10-15-21(33)30-23(35)31(22(15)34)17-4-2-1-3-16(17)26/h1-11H,(H,30,33,35)/b15-10+. The smallest absolute Gasteiger partial charge is 0.416 e. The molecule has 4 rings (SSSR count). The SMILES string of the molecule is O=C1NC(=O)N(c2ccccc2Cl)C(=O)/C1=C/c1cc(Br)ccc1Oc1ccc(C(F)(F)F)cc1[N+](=O)[O-]. The molecule has 0 aromatic heterocycles. The van der Waals surface area contributed by atoms with Gasteiger partial charge in [-0.1, -0.05) is 39.7 Å². The molecule has 14 heteroatoms. The molecular formula is C24H12BrClF3N3O6. The van der Waals surface area contributed by atoms with E-state index in [1.165, 1.54) is 36.4 Å². The molecule has 3 aromatic carbocycles. The largest absolute Gasteiger partial charge is 0.449 e. The summed E-state index contributed by atoms with van der Waals surface area (Å²) in [5, 5.41) is 13.6. The van der Waals surface area contributed by atoms with Crippen LogP contribution in [0.2, 0.25) is 5.02 Å². The third-order valence-corrected chi connectivity index (χ3v) is 5.98. The zero-order valence-electron chi connectivity index (χ0n) is 18.6. The lowest BCUT2D eigenvalue weighted by Gasteiger charge is -2.27. The molecule has 1 N–H and O–H groups in total. The van der Waals surface area contributed by atoms with Crippen molar-refractivity contribution in [3.63, 3.8) is 0 Å². The van der Waals surface area contributed by atoms with Crippen molar-refractivity contribution in [1.82, 2.24) is 5.32 Å². The zero-order chi connectivity index (χ0) is 27.8. The number of rotatable bonds is 5. The van der Waals surface area contributed by atoms with Gasteiger partial charge < -0.3 is 4.74 Å². The number of urea groups is 1. The summed E-state index contributed by atoms with van der Waals surface area (Å²) in [7, 11) is 0. The number of barbiturate groups is 1. The van der Waals surface area contributed by atoms with Crippen LogP contribution >= 0.6 is 27.5 Å². The number of nitro benzene ring substituents is 1. The lowest BCUT2D eigenvalue weighted by molar-refractivity contribution is -0.385. The molecule has 194 valence electrons. The predicted octanol–water partition coefficient (Wildman–Crippen LogP) is 6.49. The molecule has 0 atom stereocenters. The quantitative estimate of drug-likeness (QED) is 0.153. The molecule has 0 bridgehead atoms. The number of benzene rings is 3. The Morgan fingerprint density at radius 3 is 2.37 bits per heavy atom. The molecule has 4 amide bonds. The lowest BCUT2D eigenvalue weighted by Crippen LogP contribution is -2.54. The summed E-state index contributed by atoms with van der Waals surface area (Å²) in [5.74, 6) is -2.70. The van der Waals surface area contributed by atoms with E-state index in [1.807, 2.05) is 5.32 Å². The van der Waals surface area contributed by atoms with Gasteiger partial charge in [0.1, 0.15) is 11.3 Å². The summed E-state index contributed by atoms with van der Waals surface area (Å²) >= 11 is 9.35. The van der Waals surface area contributed by atoms with Gasteiger partial charge in [0.15, 0.2) is 0 Å². The highest BCUT2D eigenvalue weighted by atomic mass is 79.9. The van der Waals surface area contributed by atoms with Gasteiger partial charge in [-0.05, 0) is 48.5 Å². The second-order valence-electron chi connectivity index (χ2n) is 7.63. The summed E-state index contributed by atoms with van der Waals surface area (Å²) in [6.07, 6.45) is -3.75. The van der Waals surface area contributed by atoms with Gasteiger partial charge in [0.05, 0.1) is 21.2 Å². The fraction of sp³-hybridized carbons (Fsp3) is 0.0417. The molecule has 0 radical (unpaired) electrons. The molecule has 1 aliphatic heterocycles. The van der Waals surface area contributed by atoms with Crippen molar-refractivity contribution in [3.8, 4) is 11.5 Å². The highest BCUT2D eigenvalue weighted by Crippen LogP contribution is 2.39. The summed E-state index contributed by atoms with van der Waals surface area (Å²) in [5.41, 5.74) is -2.65. The Morgan fingerprint density at radius 2 is 1.71 bits per heavy atom. The van der Waals surface area contributed by atoms with E-state index in [-0.39, 0.29) is 22.0 Å². The van der Waals surface area contributed by atoms with Gasteiger partial charge in [-0.2, -0.15) is 13.2 Å². The van der Waals surface area contributed by atoms with Gasteiger partial charge in [0, 0.05) is 16.1 Å². The molecule has 1 heterocycles. The number of imide groups is 2. The molecule has 1 fully saturated rings. The van der Waals surface area contributed by atoms with E-state index in [0.29, 0.717) is 21.5 Å². The Kier molecular flexibility index (Phi) is 7.24. The van der Waals surface area contributed by atoms with Crippen molar-refractivity contribution >= 4 is 62.8 Å². The number of hydrogen-bond acceptors (Lipinski definition) is 6. The van der Waals surface area contributed by atoms with Crippen molar-refractivity contribution in [2.75, 3.05) is 4.90 Å². The number of nitro groups is 1. The number of nitrogens with zero attached hydrogens (tertiary/aromatic N) is 2. The molecule has 0 aliphatic carbocycles. The van der Waals surface area contributed by atoms with Gasteiger partial charge in [-0.25, -0.2) is 9.69 Å². The number of halogens is 5. The monoisotopic (exact) mass is 609 g/mol. The highest BCUT2D eigenvalue weighted by Gasteiger charge is 2.38. The molecule has 1 aliphatic rings. The zero-order valence-corrected chi connectivity index (χ0v) is 20.9. The van der Waals surface area contributed by atoms with Gasteiger partial charge >= 0.3 is 17.9 Å². The minimum Gasteiger partial charge on any atom is -0.449 e. The van der Waals surface area contributed by atoms with Gasteiger partial charge in [0.25, 0.3) is 11.8 Å². The second-order valence-corrected chi connectivity index (χ2v) is 8.95. The van der Waals surface area contributed by atoms with Crippen LogP contribution in [0.15, 0.2) is 70.7 Å². The Balaban J connectivity index is 1.78. The fourth-order valence-electron chi connectivity index (χ4n) is 3.43. The number of para-hydroxylation sites is 1. The van der Waals surface area contributed by atoms with Crippen molar-refractivity contribution in [2.24, 2.45) is 0 Å². The van der Waals surface area contributed by atoms with Crippen LogP contribution in [0, 0.1) is 10.1 Å². The Labute approximate surface area is 224 Å². The second kappa shape index (κ2) is 10.3. The van der Waals surface area contributed by atoms with E-state index in [0.717, 1.165) is 12.1 Å². The van der Waals surface area contributed by atoms with E-state index in [2.05, 4.69) is 15.9 Å². The minimum atomic E-state index is -4.82. The number of alkyl halides is 3. The topological polar surface area (TPSA) is 119 Å². The summed E-state index contributed by atoms with van der Waals surface area (Å²) in [4.78, 5) is 49.3. The predicted molar refractivity (Wildman–Crippen MR) is 133 cm³/mol. The van der Waals surface area contributed by atoms with Crippen LogP contribution in [0.4, 0.5) is 29.3 Å². The first-order chi connectivity index (χ1) is 17.9. The summed E-state index contributed by atoms with van der Waals surface area (Å²) in [6, 6.07) is 10.8. The first-order valence-corrected chi connectivity index (χ1v) is 11.5. The molecule has 9 nitrogen and oxygen atoms in total. The number of nitrogens with one attached hydrogen (secondary N) is 1. The van der Waals surface area contributed by atoms with E-state index in [4.69, 9.17) is 16.3 Å². The van der Waals surface area contributed by atoms with Crippen molar-refractivity contribution < 1.29 is 37.2 Å². The van der Waals surface area contributed by atoms with E-state index < -0.39 is 51.5 Å². The molecule has 38 heavy (non-hydrogen) atoms. The van der Waals surface area contributed by atoms with Crippen LogP contribution in [0.1, 0.15) is 11.1 Å². The maximum atomic E-state index is 13.2. The number of carbonyl (C=O) groups is 3. The van der Waals surface area contributed by atoms with Crippen molar-refractivity contribution in [3.05, 3.63) is 97.0 Å². The summed E-state index contributed by atoms with van der Waals surface area (Å²) < 4.78 is 45.2. The first-order valence-electron chi connectivity index (χ1n) is 10.4. The molecular weight excluding hydrogens is 599 g/mol. The number of carbonyl (C=O) groups excluding carboxylic acids is 3. The van der Waals surface area contributed by atoms with Crippen molar-refractivity contribution in [1.29, 1.82) is 0 Å². The van der Waals surface area contributed by atoms with E-state index >= 15 is 0 Å². The Hall–Kier alpha value is -4.23.